The van der Waals surface area contributed by atoms with Gasteiger partial charge in [-0.1, -0.05) is 32.1 Å². The van der Waals surface area contributed by atoms with Gasteiger partial charge in [-0.25, -0.2) is 0 Å². The fourth-order valence-electron chi connectivity index (χ4n) is 2.73. The molecule has 1 N–H and O–H groups in total. The molecule has 0 unspecified atom stereocenters. The smallest absolute Gasteiger partial charge is 0.117 e. The van der Waals surface area contributed by atoms with Crippen LogP contribution in [0.5, 0.6) is 0 Å². The monoisotopic (exact) mass is 267 g/mol. The second-order valence-corrected chi connectivity index (χ2v) is 6.14. The average Bonchev–Trinajstić information content (AvgIpc) is 2.84. The number of furan rings is 1. The molecule has 2 nitrogen and oxygen atoms in total. The van der Waals surface area contributed by atoms with Crippen molar-refractivity contribution in [3.8, 4) is 0 Å². The highest BCUT2D eigenvalue weighted by Gasteiger charge is 2.12. The van der Waals surface area contributed by atoms with Crippen LogP contribution < -0.4 is 5.32 Å². The van der Waals surface area contributed by atoms with E-state index in [-0.39, 0.29) is 0 Å². The SMILES string of the molecule is CSCc1ccc(CNCCC2CCCCC2)o1. The molecular weight excluding hydrogens is 242 g/mol. The maximum atomic E-state index is 5.73. The maximum absolute atomic E-state index is 5.73. The van der Waals surface area contributed by atoms with Gasteiger partial charge in [0, 0.05) is 0 Å². The second-order valence-electron chi connectivity index (χ2n) is 5.27. The zero-order chi connectivity index (χ0) is 12.6. The van der Waals surface area contributed by atoms with Crippen molar-refractivity contribution in [1.82, 2.24) is 5.32 Å². The molecule has 1 aromatic heterocycles. The molecule has 1 aliphatic rings. The largest absolute Gasteiger partial charge is 0.464 e. The Morgan fingerprint density at radius 1 is 1.22 bits per heavy atom. The molecule has 1 heterocycles. The highest BCUT2D eigenvalue weighted by atomic mass is 32.2. The van der Waals surface area contributed by atoms with Crippen LogP contribution in [0, 0.1) is 5.92 Å². The zero-order valence-corrected chi connectivity index (χ0v) is 12.2. The lowest BCUT2D eigenvalue weighted by atomic mass is 9.87. The molecule has 0 spiro atoms. The van der Waals surface area contributed by atoms with Crippen LogP contribution in [0.25, 0.3) is 0 Å². The Bertz CT molecular complexity index is 331. The standard InChI is InChI=1S/C15H25NOS/c1-18-12-15-8-7-14(17-15)11-16-10-9-13-5-3-2-4-6-13/h7-8,13,16H,2-6,9-12H2,1H3. The Kier molecular flexibility index (Phi) is 6.15. The van der Waals surface area contributed by atoms with Crippen LogP contribution in [0.1, 0.15) is 50.0 Å². The number of hydrogen-bond donors (Lipinski definition) is 1. The first kappa shape index (κ1) is 14.0. The van der Waals surface area contributed by atoms with Crippen molar-refractivity contribution in [2.45, 2.75) is 50.8 Å². The third-order valence-corrected chi connectivity index (χ3v) is 4.33. The summed E-state index contributed by atoms with van der Waals surface area (Å²) in [6.45, 7) is 2.00. The molecular formula is C15H25NOS. The minimum Gasteiger partial charge on any atom is -0.464 e. The molecule has 0 bridgehead atoms. The van der Waals surface area contributed by atoms with Gasteiger partial charge in [0.25, 0.3) is 0 Å². The van der Waals surface area contributed by atoms with Crippen molar-refractivity contribution in [1.29, 1.82) is 0 Å². The molecule has 0 radical (unpaired) electrons. The second kappa shape index (κ2) is 7.90. The molecule has 2 rings (SSSR count). The maximum Gasteiger partial charge on any atom is 0.117 e. The average molecular weight is 267 g/mol. The van der Waals surface area contributed by atoms with Gasteiger partial charge in [0.2, 0.25) is 0 Å². The minimum absolute atomic E-state index is 0.876. The highest BCUT2D eigenvalue weighted by Crippen LogP contribution is 2.25. The van der Waals surface area contributed by atoms with Gasteiger partial charge >= 0.3 is 0 Å². The molecule has 1 fully saturated rings. The third-order valence-electron chi connectivity index (χ3n) is 3.76. The van der Waals surface area contributed by atoms with Gasteiger partial charge in [-0.15, -0.1) is 0 Å². The van der Waals surface area contributed by atoms with E-state index in [0.29, 0.717) is 0 Å². The Hall–Kier alpha value is -0.410. The summed E-state index contributed by atoms with van der Waals surface area (Å²) in [5.74, 6) is 4.10. The van der Waals surface area contributed by atoms with E-state index in [0.717, 1.165) is 36.3 Å². The number of hydrogen-bond acceptors (Lipinski definition) is 3. The summed E-state index contributed by atoms with van der Waals surface area (Å²) < 4.78 is 5.73. The predicted octanol–water partition coefficient (Wildman–Crippen LogP) is 4.20. The molecule has 1 aromatic rings. The molecule has 0 atom stereocenters. The molecule has 0 amide bonds. The first-order chi connectivity index (χ1) is 8.88. The van der Waals surface area contributed by atoms with Gasteiger partial charge in [-0.05, 0) is 37.3 Å². The lowest BCUT2D eigenvalue weighted by Gasteiger charge is -2.21. The van der Waals surface area contributed by atoms with Crippen molar-refractivity contribution >= 4 is 11.8 Å². The fourth-order valence-corrected chi connectivity index (χ4v) is 3.17. The lowest BCUT2D eigenvalue weighted by Crippen LogP contribution is -2.18. The highest BCUT2D eigenvalue weighted by molar-refractivity contribution is 7.97. The number of rotatable bonds is 7. The summed E-state index contributed by atoms with van der Waals surface area (Å²) in [7, 11) is 0. The summed E-state index contributed by atoms with van der Waals surface area (Å²) in [4.78, 5) is 0. The van der Waals surface area contributed by atoms with E-state index in [1.54, 1.807) is 11.8 Å². The van der Waals surface area contributed by atoms with Gasteiger partial charge in [0.15, 0.2) is 0 Å². The fraction of sp³-hybridized carbons (Fsp3) is 0.733. The van der Waals surface area contributed by atoms with Crippen LogP contribution in [0.15, 0.2) is 16.5 Å². The van der Waals surface area contributed by atoms with Crippen molar-refractivity contribution in [2.75, 3.05) is 12.8 Å². The molecule has 18 heavy (non-hydrogen) atoms. The summed E-state index contributed by atoms with van der Waals surface area (Å²) >= 11 is 1.80. The van der Waals surface area contributed by atoms with Crippen LogP contribution >= 0.6 is 11.8 Å². The Morgan fingerprint density at radius 3 is 2.78 bits per heavy atom. The van der Waals surface area contributed by atoms with Gasteiger partial charge < -0.3 is 9.73 Å². The minimum atomic E-state index is 0.876. The van der Waals surface area contributed by atoms with Crippen molar-refractivity contribution in [2.24, 2.45) is 5.92 Å². The summed E-state index contributed by atoms with van der Waals surface area (Å²) in [6.07, 6.45) is 10.7. The molecule has 3 heteroatoms. The first-order valence-electron chi connectivity index (χ1n) is 7.15. The van der Waals surface area contributed by atoms with E-state index in [4.69, 9.17) is 4.42 Å². The van der Waals surface area contributed by atoms with Crippen LogP contribution in [-0.4, -0.2) is 12.8 Å². The van der Waals surface area contributed by atoms with Crippen molar-refractivity contribution < 1.29 is 4.42 Å². The lowest BCUT2D eigenvalue weighted by molar-refractivity contribution is 0.331. The molecule has 0 aromatic carbocycles. The number of thioether (sulfide) groups is 1. The van der Waals surface area contributed by atoms with E-state index < -0.39 is 0 Å². The van der Waals surface area contributed by atoms with Gasteiger partial charge in [-0.3, -0.25) is 0 Å². The molecule has 0 aliphatic heterocycles. The summed E-state index contributed by atoms with van der Waals surface area (Å²) in [5, 5.41) is 3.50. The van der Waals surface area contributed by atoms with Crippen LogP contribution in [0.4, 0.5) is 0 Å². The van der Waals surface area contributed by atoms with Gasteiger partial charge in [-0.2, -0.15) is 11.8 Å². The van der Waals surface area contributed by atoms with E-state index in [9.17, 15) is 0 Å². The van der Waals surface area contributed by atoms with Crippen LogP contribution in [-0.2, 0) is 12.3 Å². The molecule has 102 valence electrons. The van der Waals surface area contributed by atoms with E-state index in [1.165, 1.54) is 38.5 Å². The Morgan fingerprint density at radius 2 is 2.00 bits per heavy atom. The zero-order valence-electron chi connectivity index (χ0n) is 11.4. The van der Waals surface area contributed by atoms with Crippen LogP contribution in [0.3, 0.4) is 0 Å². The molecule has 1 saturated carbocycles. The normalized spacial score (nSPS) is 17.2. The third kappa shape index (κ3) is 4.69. The number of nitrogens with one attached hydrogen (secondary N) is 1. The summed E-state index contributed by atoms with van der Waals surface area (Å²) in [5.41, 5.74) is 0. The first-order valence-corrected chi connectivity index (χ1v) is 8.55. The van der Waals surface area contributed by atoms with Crippen molar-refractivity contribution in [3.05, 3.63) is 23.7 Å². The Balaban J connectivity index is 1.59. The molecule has 0 saturated heterocycles. The Labute approximate surface area is 115 Å². The van der Waals surface area contributed by atoms with E-state index >= 15 is 0 Å². The van der Waals surface area contributed by atoms with Crippen LogP contribution in [0.2, 0.25) is 0 Å². The van der Waals surface area contributed by atoms with Crippen molar-refractivity contribution in [3.63, 3.8) is 0 Å². The van der Waals surface area contributed by atoms with Gasteiger partial charge in [0.1, 0.15) is 11.5 Å². The quantitative estimate of drug-likeness (QED) is 0.749. The van der Waals surface area contributed by atoms with E-state index in [1.807, 2.05) is 0 Å². The topological polar surface area (TPSA) is 25.2 Å². The summed E-state index contributed by atoms with van der Waals surface area (Å²) in [6, 6.07) is 4.19. The molecule has 1 aliphatic carbocycles. The van der Waals surface area contributed by atoms with E-state index in [2.05, 4.69) is 23.7 Å². The van der Waals surface area contributed by atoms with Gasteiger partial charge in [0.05, 0.1) is 12.3 Å². The predicted molar refractivity (Wildman–Crippen MR) is 78.8 cm³/mol.